The minimum atomic E-state index is -4.31. The molecule has 27 heavy (non-hydrogen) atoms. The normalized spacial score (nSPS) is 24.8. The number of hydrogen-bond acceptors (Lipinski definition) is 4. The first-order chi connectivity index (χ1) is 12.8. The summed E-state index contributed by atoms with van der Waals surface area (Å²) in [7, 11) is 0. The molecule has 1 aromatic heterocycles. The lowest BCUT2D eigenvalue weighted by molar-refractivity contribution is -0.137. The summed E-state index contributed by atoms with van der Waals surface area (Å²) in [5.74, 6) is 0.475. The highest BCUT2D eigenvalue weighted by Gasteiger charge is 2.60. The number of aromatic nitrogens is 3. The Balaban J connectivity index is 1.35. The van der Waals surface area contributed by atoms with E-state index in [0.29, 0.717) is 18.9 Å². The zero-order chi connectivity index (χ0) is 19.2. The Bertz CT molecular complexity index is 951. The maximum absolute atomic E-state index is 12.7. The number of likely N-dealkylation sites (tertiary alicyclic amines) is 1. The van der Waals surface area contributed by atoms with Crippen molar-refractivity contribution in [1.29, 1.82) is 0 Å². The number of aryl methyl sites for hydroxylation is 1. The first-order valence-electron chi connectivity index (χ1n) is 8.84. The number of H-pyrrole nitrogens is 1. The predicted molar refractivity (Wildman–Crippen MR) is 91.4 cm³/mol. The molecule has 4 rings (SSSR count). The molecule has 2 fully saturated rings. The van der Waals surface area contributed by atoms with Crippen molar-refractivity contribution in [1.82, 2.24) is 19.7 Å². The van der Waals surface area contributed by atoms with Crippen LogP contribution in [0.5, 0.6) is 0 Å². The molecule has 6 nitrogen and oxygen atoms in total. The van der Waals surface area contributed by atoms with Gasteiger partial charge in [0.15, 0.2) is 0 Å². The second-order valence-electron chi connectivity index (χ2n) is 7.38. The van der Waals surface area contributed by atoms with Crippen molar-refractivity contribution in [2.24, 2.45) is 5.92 Å². The summed E-state index contributed by atoms with van der Waals surface area (Å²) in [6.07, 6.45) is -1.52. The first-order valence-corrected chi connectivity index (χ1v) is 8.84. The molecule has 1 aromatic carbocycles. The molecule has 0 radical (unpaired) electrons. The molecule has 144 valence electrons. The highest BCUT2D eigenvalue weighted by molar-refractivity contribution is 5.39. The number of halogens is 3. The summed E-state index contributed by atoms with van der Waals surface area (Å²) >= 11 is 0. The Hall–Kier alpha value is -2.42. The molecule has 1 aliphatic heterocycles. The van der Waals surface area contributed by atoms with E-state index in [0.717, 1.165) is 49.9 Å². The third-order valence-corrected chi connectivity index (χ3v) is 5.63. The van der Waals surface area contributed by atoms with Gasteiger partial charge in [-0.2, -0.15) is 18.3 Å². The number of fused-ring (bicyclic) bond motifs is 1. The molecular formula is C18H19F3N4O2. The van der Waals surface area contributed by atoms with E-state index >= 15 is 0 Å². The van der Waals surface area contributed by atoms with Gasteiger partial charge in [0, 0.05) is 25.0 Å². The van der Waals surface area contributed by atoms with Crippen LogP contribution in [-0.2, 0) is 18.1 Å². The summed E-state index contributed by atoms with van der Waals surface area (Å²) in [5.41, 5.74) is -0.713. The Labute approximate surface area is 152 Å². The second kappa shape index (κ2) is 6.33. The molecule has 1 saturated carbocycles. The molecule has 2 heterocycles. The van der Waals surface area contributed by atoms with Crippen LogP contribution in [-0.4, -0.2) is 39.3 Å². The van der Waals surface area contributed by atoms with Crippen molar-refractivity contribution in [3.05, 3.63) is 62.4 Å². The van der Waals surface area contributed by atoms with Gasteiger partial charge in [-0.25, -0.2) is 9.48 Å². The number of nitrogens with zero attached hydrogens (tertiary/aromatic N) is 3. The predicted octanol–water partition coefficient (Wildman–Crippen LogP) is 1.61. The molecule has 0 amide bonds. The van der Waals surface area contributed by atoms with Crippen molar-refractivity contribution in [3.63, 3.8) is 0 Å². The fraction of sp³-hybridized carbons (Fsp3) is 0.500. The Morgan fingerprint density at radius 3 is 2.59 bits per heavy atom. The molecular weight excluding hydrogens is 361 g/mol. The lowest BCUT2D eigenvalue weighted by Crippen LogP contribution is -2.33. The van der Waals surface area contributed by atoms with E-state index in [-0.39, 0.29) is 5.41 Å². The van der Waals surface area contributed by atoms with Gasteiger partial charge in [0.05, 0.1) is 5.56 Å². The fourth-order valence-electron chi connectivity index (χ4n) is 4.18. The lowest BCUT2D eigenvalue weighted by Gasteiger charge is -2.21. The lowest BCUT2D eigenvalue weighted by atomic mass is 9.94. The van der Waals surface area contributed by atoms with Crippen LogP contribution in [0.3, 0.4) is 0 Å². The van der Waals surface area contributed by atoms with Gasteiger partial charge < -0.3 is 4.90 Å². The number of aromatic amines is 1. The zero-order valence-electron chi connectivity index (χ0n) is 14.5. The van der Waals surface area contributed by atoms with Crippen molar-refractivity contribution < 1.29 is 13.2 Å². The summed E-state index contributed by atoms with van der Waals surface area (Å²) in [6, 6.07) is 5.54. The quantitative estimate of drug-likeness (QED) is 0.856. The van der Waals surface area contributed by atoms with Crippen molar-refractivity contribution in [2.75, 3.05) is 19.6 Å². The highest BCUT2D eigenvalue weighted by atomic mass is 19.4. The van der Waals surface area contributed by atoms with Crippen LogP contribution in [0.4, 0.5) is 13.2 Å². The van der Waals surface area contributed by atoms with E-state index in [1.807, 2.05) is 0 Å². The molecule has 1 N–H and O–H groups in total. The molecule has 1 unspecified atom stereocenters. The average molecular weight is 380 g/mol. The number of hydrogen-bond donors (Lipinski definition) is 1. The molecule has 0 bridgehead atoms. The summed E-state index contributed by atoms with van der Waals surface area (Å²) in [6.45, 7) is 2.90. The van der Waals surface area contributed by atoms with Gasteiger partial charge in [0.25, 0.3) is 5.56 Å². The average Bonchev–Trinajstić information content (AvgIpc) is 3.18. The van der Waals surface area contributed by atoms with Gasteiger partial charge in [-0.3, -0.25) is 9.78 Å². The summed E-state index contributed by atoms with van der Waals surface area (Å²) < 4.78 is 39.4. The molecule has 2 aromatic rings. The number of rotatable bonds is 5. The van der Waals surface area contributed by atoms with Crippen molar-refractivity contribution in [3.8, 4) is 0 Å². The number of nitrogens with one attached hydrogen (secondary N) is 1. The molecule has 2 atom stereocenters. The molecule has 0 spiro atoms. The van der Waals surface area contributed by atoms with E-state index in [9.17, 15) is 22.8 Å². The topological polar surface area (TPSA) is 71.0 Å². The van der Waals surface area contributed by atoms with Crippen LogP contribution < -0.4 is 11.2 Å². The Kier molecular flexibility index (Phi) is 4.21. The molecule has 1 aliphatic carbocycles. The summed E-state index contributed by atoms with van der Waals surface area (Å²) in [4.78, 5) is 27.1. The van der Waals surface area contributed by atoms with Gasteiger partial charge in [-0.15, -0.1) is 0 Å². The van der Waals surface area contributed by atoms with Crippen LogP contribution in [0.15, 0.2) is 40.1 Å². The van der Waals surface area contributed by atoms with Crippen LogP contribution in [0.25, 0.3) is 0 Å². The fourth-order valence-corrected chi connectivity index (χ4v) is 4.18. The van der Waals surface area contributed by atoms with Crippen LogP contribution in [0.1, 0.15) is 24.0 Å². The monoisotopic (exact) mass is 380 g/mol. The van der Waals surface area contributed by atoms with Crippen LogP contribution >= 0.6 is 0 Å². The van der Waals surface area contributed by atoms with Gasteiger partial charge in [-0.05, 0) is 43.0 Å². The summed E-state index contributed by atoms with van der Waals surface area (Å²) in [5, 5.41) is 3.80. The Morgan fingerprint density at radius 2 is 1.93 bits per heavy atom. The van der Waals surface area contributed by atoms with E-state index in [1.165, 1.54) is 4.68 Å². The Morgan fingerprint density at radius 1 is 1.19 bits per heavy atom. The van der Waals surface area contributed by atoms with Gasteiger partial charge in [0.2, 0.25) is 0 Å². The van der Waals surface area contributed by atoms with Gasteiger partial charge >= 0.3 is 11.9 Å². The number of benzene rings is 1. The van der Waals surface area contributed by atoms with E-state index in [4.69, 9.17) is 0 Å². The van der Waals surface area contributed by atoms with Crippen LogP contribution in [0, 0.1) is 5.92 Å². The van der Waals surface area contributed by atoms with E-state index in [1.54, 1.807) is 12.1 Å². The SMILES string of the molecule is O=c1cnn(CCCN2CC3C[C@]3(c3ccc(C(F)(F)F)cc3)C2)c(=O)[nH]1. The standard InChI is InChI=1S/C18H19F3N4O2/c19-18(20,21)13-4-2-12(3-5-13)17-8-14(17)10-24(11-17)6-1-7-25-16(27)23-15(26)9-22-25/h2-5,9,14H,1,6-8,10-11H2,(H,23,26,27)/t14?,17-/m1/s1. The van der Waals surface area contributed by atoms with Crippen molar-refractivity contribution in [2.45, 2.75) is 31.0 Å². The van der Waals surface area contributed by atoms with Crippen LogP contribution in [0.2, 0.25) is 0 Å². The van der Waals surface area contributed by atoms with Gasteiger partial charge in [-0.1, -0.05) is 12.1 Å². The highest BCUT2D eigenvalue weighted by Crippen LogP contribution is 2.59. The number of alkyl halides is 3. The van der Waals surface area contributed by atoms with E-state index < -0.39 is 23.0 Å². The van der Waals surface area contributed by atoms with Gasteiger partial charge in [0.1, 0.15) is 6.20 Å². The minimum absolute atomic E-state index is 0.0306. The minimum Gasteiger partial charge on any atom is -0.302 e. The van der Waals surface area contributed by atoms with E-state index in [2.05, 4.69) is 15.0 Å². The molecule has 2 aliphatic rings. The third kappa shape index (κ3) is 3.43. The largest absolute Gasteiger partial charge is 0.416 e. The number of piperidine rings is 1. The maximum Gasteiger partial charge on any atom is 0.416 e. The first kappa shape index (κ1) is 18.0. The zero-order valence-corrected chi connectivity index (χ0v) is 14.5. The molecule has 9 heteroatoms. The van der Waals surface area contributed by atoms with Crippen molar-refractivity contribution >= 4 is 0 Å². The third-order valence-electron chi connectivity index (χ3n) is 5.63. The maximum atomic E-state index is 12.7. The smallest absolute Gasteiger partial charge is 0.302 e. The molecule has 1 saturated heterocycles. The second-order valence-corrected chi connectivity index (χ2v) is 7.38.